The summed E-state index contributed by atoms with van der Waals surface area (Å²) in [7, 11) is 4.66. The summed E-state index contributed by atoms with van der Waals surface area (Å²) in [5.74, 6) is 2.04. The summed E-state index contributed by atoms with van der Waals surface area (Å²) in [6, 6.07) is 13.5. The molecule has 0 N–H and O–H groups in total. The van der Waals surface area contributed by atoms with Gasteiger partial charge in [0.25, 0.3) is 5.91 Å². The molecule has 1 aliphatic carbocycles. The molecule has 26 heavy (non-hydrogen) atoms. The number of hydrogen-bond acceptors (Lipinski definition) is 4. The molecule has 2 aromatic rings. The quantitative estimate of drug-likeness (QED) is 0.723. The number of carbonyl (C=O) groups excluding carboxylic acids is 1. The predicted molar refractivity (Wildman–Crippen MR) is 100 cm³/mol. The normalized spacial score (nSPS) is 13.2. The molecular formula is C21H25NO4. The van der Waals surface area contributed by atoms with Crippen LogP contribution in [0.25, 0.3) is 0 Å². The molecule has 0 saturated heterocycles. The van der Waals surface area contributed by atoms with Crippen LogP contribution in [0.5, 0.6) is 17.2 Å². The van der Waals surface area contributed by atoms with Crippen molar-refractivity contribution in [3.8, 4) is 17.2 Å². The summed E-state index contributed by atoms with van der Waals surface area (Å²) < 4.78 is 16.1. The van der Waals surface area contributed by atoms with Gasteiger partial charge in [-0.05, 0) is 36.5 Å². The Morgan fingerprint density at radius 1 is 1.00 bits per heavy atom. The van der Waals surface area contributed by atoms with Gasteiger partial charge in [0.15, 0.2) is 11.5 Å². The Hall–Kier alpha value is -2.69. The van der Waals surface area contributed by atoms with Gasteiger partial charge >= 0.3 is 0 Å². The van der Waals surface area contributed by atoms with Crippen molar-refractivity contribution >= 4 is 5.91 Å². The molecule has 0 heterocycles. The Labute approximate surface area is 154 Å². The minimum Gasteiger partial charge on any atom is -0.493 e. The van der Waals surface area contributed by atoms with Crippen LogP contribution in [0.15, 0.2) is 42.5 Å². The first-order valence-corrected chi connectivity index (χ1v) is 8.79. The second-order valence-electron chi connectivity index (χ2n) is 6.53. The lowest BCUT2D eigenvalue weighted by Gasteiger charge is -2.24. The van der Waals surface area contributed by atoms with Crippen LogP contribution in [-0.4, -0.2) is 38.7 Å². The highest BCUT2D eigenvalue weighted by atomic mass is 16.5. The molecule has 1 saturated carbocycles. The van der Waals surface area contributed by atoms with E-state index >= 15 is 0 Å². The molecule has 0 atom stereocenters. The molecule has 0 aromatic heterocycles. The minimum absolute atomic E-state index is 0.0278. The van der Waals surface area contributed by atoms with Gasteiger partial charge < -0.3 is 19.1 Å². The van der Waals surface area contributed by atoms with Gasteiger partial charge in [-0.2, -0.15) is 0 Å². The Morgan fingerprint density at radius 2 is 1.62 bits per heavy atom. The molecule has 1 fully saturated rings. The predicted octanol–water partition coefficient (Wildman–Crippen LogP) is 3.76. The maximum absolute atomic E-state index is 13.2. The van der Waals surface area contributed by atoms with E-state index in [4.69, 9.17) is 14.2 Å². The molecule has 0 radical (unpaired) electrons. The monoisotopic (exact) mass is 355 g/mol. The van der Waals surface area contributed by atoms with Crippen LogP contribution in [0, 0.1) is 5.92 Å². The van der Waals surface area contributed by atoms with Crippen molar-refractivity contribution in [2.75, 3.05) is 27.9 Å². The van der Waals surface area contributed by atoms with Crippen LogP contribution < -0.4 is 14.2 Å². The summed E-state index contributed by atoms with van der Waals surface area (Å²) in [4.78, 5) is 15.1. The van der Waals surface area contributed by atoms with E-state index in [2.05, 4.69) is 0 Å². The number of ether oxygens (including phenoxy) is 3. The largest absolute Gasteiger partial charge is 0.493 e. The van der Waals surface area contributed by atoms with Gasteiger partial charge in [0.2, 0.25) is 5.75 Å². The Balaban J connectivity index is 1.90. The molecule has 1 amide bonds. The van der Waals surface area contributed by atoms with Gasteiger partial charge in [0.1, 0.15) is 0 Å². The number of carbonyl (C=O) groups is 1. The average molecular weight is 355 g/mol. The Morgan fingerprint density at radius 3 is 2.12 bits per heavy atom. The maximum atomic E-state index is 13.2. The highest BCUT2D eigenvalue weighted by Gasteiger charge is 2.28. The van der Waals surface area contributed by atoms with Gasteiger partial charge in [-0.15, -0.1) is 0 Å². The zero-order valence-corrected chi connectivity index (χ0v) is 15.5. The van der Waals surface area contributed by atoms with Crippen LogP contribution in [0.1, 0.15) is 28.8 Å². The third-order valence-corrected chi connectivity index (χ3v) is 4.59. The van der Waals surface area contributed by atoms with Crippen molar-refractivity contribution in [3.05, 3.63) is 53.6 Å². The van der Waals surface area contributed by atoms with Crippen molar-refractivity contribution in [2.24, 2.45) is 5.92 Å². The second kappa shape index (κ2) is 8.13. The smallest absolute Gasteiger partial charge is 0.254 e. The van der Waals surface area contributed by atoms with Crippen molar-refractivity contribution < 1.29 is 19.0 Å². The number of rotatable bonds is 8. The molecule has 0 unspecified atom stereocenters. The Kier molecular flexibility index (Phi) is 5.66. The van der Waals surface area contributed by atoms with Crippen LogP contribution in [-0.2, 0) is 6.54 Å². The van der Waals surface area contributed by atoms with E-state index < -0.39 is 0 Å². The second-order valence-corrected chi connectivity index (χ2v) is 6.53. The summed E-state index contributed by atoms with van der Waals surface area (Å²) in [6.45, 7) is 1.36. The van der Waals surface area contributed by atoms with E-state index in [1.807, 2.05) is 35.2 Å². The van der Waals surface area contributed by atoms with Crippen molar-refractivity contribution in [2.45, 2.75) is 19.4 Å². The first kappa shape index (κ1) is 18.1. The molecule has 0 bridgehead atoms. The van der Waals surface area contributed by atoms with Crippen LogP contribution >= 0.6 is 0 Å². The number of methoxy groups -OCH3 is 3. The van der Waals surface area contributed by atoms with Gasteiger partial charge in [0, 0.05) is 18.7 Å². The average Bonchev–Trinajstić information content (AvgIpc) is 3.50. The lowest BCUT2D eigenvalue weighted by atomic mass is 10.1. The molecule has 5 heteroatoms. The molecule has 0 spiro atoms. The fraction of sp³-hybridized carbons (Fsp3) is 0.381. The van der Waals surface area contributed by atoms with E-state index in [1.54, 1.807) is 33.5 Å². The van der Waals surface area contributed by atoms with Gasteiger partial charge in [-0.3, -0.25) is 4.79 Å². The molecule has 138 valence electrons. The third kappa shape index (κ3) is 4.10. The Bertz CT molecular complexity index is 731. The standard InChI is InChI=1S/C21H25NO4/c1-24-18-11-17(12-19(25-2)20(18)26-3)21(23)22(14-16-9-10-16)13-15-7-5-4-6-8-15/h4-8,11-12,16H,9-10,13-14H2,1-3H3. The number of amides is 1. The summed E-state index contributed by atoms with van der Waals surface area (Å²) in [5.41, 5.74) is 1.66. The first-order valence-electron chi connectivity index (χ1n) is 8.79. The van der Waals surface area contributed by atoms with Gasteiger partial charge in [-0.1, -0.05) is 30.3 Å². The number of nitrogens with zero attached hydrogens (tertiary/aromatic N) is 1. The number of hydrogen-bond donors (Lipinski definition) is 0. The summed E-state index contributed by atoms with van der Waals surface area (Å²) in [5, 5.41) is 0. The van der Waals surface area contributed by atoms with Gasteiger partial charge in [0.05, 0.1) is 21.3 Å². The SMILES string of the molecule is COc1cc(C(=O)N(Cc2ccccc2)CC2CC2)cc(OC)c1OC. The lowest BCUT2D eigenvalue weighted by molar-refractivity contribution is 0.0734. The third-order valence-electron chi connectivity index (χ3n) is 4.59. The van der Waals surface area contributed by atoms with E-state index in [1.165, 1.54) is 12.8 Å². The van der Waals surface area contributed by atoms with E-state index in [0.29, 0.717) is 35.3 Å². The fourth-order valence-electron chi connectivity index (χ4n) is 3.02. The highest BCUT2D eigenvalue weighted by molar-refractivity contribution is 5.95. The van der Waals surface area contributed by atoms with Crippen molar-refractivity contribution in [3.63, 3.8) is 0 Å². The van der Waals surface area contributed by atoms with Crippen LogP contribution in [0.3, 0.4) is 0 Å². The summed E-state index contributed by atoms with van der Waals surface area (Å²) >= 11 is 0. The van der Waals surface area contributed by atoms with Crippen LogP contribution in [0.4, 0.5) is 0 Å². The maximum Gasteiger partial charge on any atom is 0.254 e. The first-order chi connectivity index (χ1) is 12.7. The molecule has 5 nitrogen and oxygen atoms in total. The molecule has 0 aliphatic heterocycles. The highest BCUT2D eigenvalue weighted by Crippen LogP contribution is 2.39. The fourth-order valence-corrected chi connectivity index (χ4v) is 3.02. The van der Waals surface area contributed by atoms with E-state index in [-0.39, 0.29) is 5.91 Å². The summed E-state index contributed by atoms with van der Waals surface area (Å²) in [6.07, 6.45) is 2.38. The van der Waals surface area contributed by atoms with Crippen molar-refractivity contribution in [1.29, 1.82) is 0 Å². The number of benzene rings is 2. The molecular weight excluding hydrogens is 330 g/mol. The van der Waals surface area contributed by atoms with Gasteiger partial charge in [-0.25, -0.2) is 0 Å². The minimum atomic E-state index is -0.0278. The van der Waals surface area contributed by atoms with Crippen LogP contribution in [0.2, 0.25) is 0 Å². The lowest BCUT2D eigenvalue weighted by Crippen LogP contribution is -2.32. The zero-order chi connectivity index (χ0) is 18.5. The van der Waals surface area contributed by atoms with Crippen molar-refractivity contribution in [1.82, 2.24) is 4.90 Å². The molecule has 3 rings (SSSR count). The van der Waals surface area contributed by atoms with E-state index in [0.717, 1.165) is 12.1 Å². The molecule has 2 aromatic carbocycles. The zero-order valence-electron chi connectivity index (χ0n) is 15.5. The topological polar surface area (TPSA) is 48.0 Å². The molecule has 1 aliphatic rings. The van der Waals surface area contributed by atoms with E-state index in [9.17, 15) is 4.79 Å².